The molecule has 112 valence electrons. The van der Waals surface area contributed by atoms with Crippen molar-refractivity contribution in [2.45, 2.75) is 13.0 Å². The van der Waals surface area contributed by atoms with Crippen molar-refractivity contribution in [2.75, 3.05) is 14.2 Å². The van der Waals surface area contributed by atoms with Crippen LogP contribution in [0, 0.1) is 0 Å². The van der Waals surface area contributed by atoms with Gasteiger partial charge in [0.1, 0.15) is 5.75 Å². The Morgan fingerprint density at radius 2 is 2.05 bits per heavy atom. The van der Waals surface area contributed by atoms with Crippen LogP contribution in [0.1, 0.15) is 18.5 Å². The number of urea groups is 1. The highest BCUT2D eigenvalue weighted by atomic mass is 79.9. The number of nitrogens with one attached hydrogen (secondary N) is 2. The van der Waals surface area contributed by atoms with Gasteiger partial charge in [0.25, 0.3) is 0 Å². The van der Waals surface area contributed by atoms with Gasteiger partial charge < -0.3 is 20.1 Å². The van der Waals surface area contributed by atoms with E-state index in [0.717, 1.165) is 4.47 Å². The number of benzene rings is 1. The Morgan fingerprint density at radius 1 is 1.33 bits per heavy atom. The van der Waals surface area contributed by atoms with Gasteiger partial charge in [-0.2, -0.15) is 0 Å². The summed E-state index contributed by atoms with van der Waals surface area (Å²) in [4.78, 5) is 23.8. The second-order valence-corrected chi connectivity index (χ2v) is 5.36. The fourth-order valence-electron chi connectivity index (χ4n) is 2.24. The van der Waals surface area contributed by atoms with Crippen molar-refractivity contribution in [3.05, 3.63) is 39.5 Å². The summed E-state index contributed by atoms with van der Waals surface area (Å²) in [5.74, 6) is 0.0617. The first-order valence-corrected chi connectivity index (χ1v) is 6.97. The van der Waals surface area contributed by atoms with E-state index in [1.54, 1.807) is 19.1 Å². The molecule has 2 amide bonds. The Labute approximate surface area is 130 Å². The summed E-state index contributed by atoms with van der Waals surface area (Å²) in [5.41, 5.74) is 1.47. The first-order valence-electron chi connectivity index (χ1n) is 6.18. The molecular formula is C14H15BrN2O4. The van der Waals surface area contributed by atoms with Crippen LogP contribution in [0.15, 0.2) is 33.9 Å². The Balaban J connectivity index is 2.59. The lowest BCUT2D eigenvalue weighted by atomic mass is 9.95. The Kier molecular flexibility index (Phi) is 4.52. The van der Waals surface area contributed by atoms with E-state index in [0.29, 0.717) is 22.6 Å². The van der Waals surface area contributed by atoms with Crippen LogP contribution in [0.4, 0.5) is 4.79 Å². The van der Waals surface area contributed by atoms with Crippen LogP contribution in [0.5, 0.6) is 5.75 Å². The minimum absolute atomic E-state index is 0.341. The molecule has 6 nitrogen and oxygen atoms in total. The second-order valence-electron chi connectivity index (χ2n) is 4.45. The van der Waals surface area contributed by atoms with Crippen molar-refractivity contribution < 1.29 is 19.1 Å². The molecule has 0 aromatic heterocycles. The first kappa shape index (κ1) is 15.4. The maximum absolute atomic E-state index is 12.0. The number of ether oxygens (including phenoxy) is 2. The molecule has 0 bridgehead atoms. The molecule has 21 heavy (non-hydrogen) atoms. The Morgan fingerprint density at radius 3 is 2.67 bits per heavy atom. The smallest absolute Gasteiger partial charge is 0.337 e. The van der Waals surface area contributed by atoms with Crippen molar-refractivity contribution >= 4 is 27.9 Å². The zero-order valence-electron chi connectivity index (χ0n) is 11.8. The molecule has 0 unspecified atom stereocenters. The first-order chi connectivity index (χ1) is 9.97. The number of hydrogen-bond acceptors (Lipinski definition) is 4. The van der Waals surface area contributed by atoms with Gasteiger partial charge in [-0.3, -0.25) is 0 Å². The predicted molar refractivity (Wildman–Crippen MR) is 79.8 cm³/mol. The van der Waals surface area contributed by atoms with E-state index in [9.17, 15) is 9.59 Å². The molecule has 0 saturated carbocycles. The average Bonchev–Trinajstić information content (AvgIpc) is 2.45. The van der Waals surface area contributed by atoms with E-state index in [4.69, 9.17) is 9.47 Å². The van der Waals surface area contributed by atoms with Gasteiger partial charge in [-0.05, 0) is 25.1 Å². The van der Waals surface area contributed by atoms with Crippen molar-refractivity contribution in [2.24, 2.45) is 0 Å². The van der Waals surface area contributed by atoms with Crippen molar-refractivity contribution in [1.82, 2.24) is 10.6 Å². The summed E-state index contributed by atoms with van der Waals surface area (Å²) in [6, 6.07) is 4.36. The molecule has 1 heterocycles. The van der Waals surface area contributed by atoms with E-state index < -0.39 is 12.0 Å². The molecule has 2 rings (SSSR count). The van der Waals surface area contributed by atoms with Gasteiger partial charge in [0.15, 0.2) is 0 Å². The van der Waals surface area contributed by atoms with Gasteiger partial charge >= 0.3 is 12.0 Å². The predicted octanol–water partition coefficient (Wildman–Crippen LogP) is 2.26. The van der Waals surface area contributed by atoms with Crippen LogP contribution in [-0.2, 0) is 9.53 Å². The topological polar surface area (TPSA) is 76.7 Å². The molecule has 1 aliphatic heterocycles. The fraction of sp³-hybridized carbons (Fsp3) is 0.286. The summed E-state index contributed by atoms with van der Waals surface area (Å²) in [6.07, 6.45) is 0. The third kappa shape index (κ3) is 3.02. The third-order valence-corrected chi connectivity index (χ3v) is 3.67. The van der Waals surface area contributed by atoms with Crippen LogP contribution < -0.4 is 15.4 Å². The maximum atomic E-state index is 12.0. The highest BCUT2D eigenvalue weighted by Gasteiger charge is 2.33. The highest BCUT2D eigenvalue weighted by Crippen LogP contribution is 2.35. The summed E-state index contributed by atoms with van der Waals surface area (Å²) < 4.78 is 10.9. The minimum Gasteiger partial charge on any atom is -0.496 e. The minimum atomic E-state index is -0.640. The standard InChI is InChI=1S/C14H15BrN2O4/c1-7-11(13(18)21-3)12(17-14(19)16-7)9-6-8(15)4-5-10(9)20-2/h4-6,12H,1-3H3,(H2,16,17,19)/t12-/m0/s1. The number of halogens is 1. The summed E-state index contributed by atoms with van der Waals surface area (Å²) in [7, 11) is 2.83. The SMILES string of the molecule is COC(=O)C1=C(C)NC(=O)N[C@H]1c1cc(Br)ccc1OC. The van der Waals surface area contributed by atoms with Gasteiger partial charge in [0.05, 0.1) is 25.8 Å². The molecule has 1 atom stereocenters. The zero-order valence-corrected chi connectivity index (χ0v) is 13.4. The largest absolute Gasteiger partial charge is 0.496 e. The third-order valence-electron chi connectivity index (χ3n) is 3.18. The zero-order chi connectivity index (χ0) is 15.6. The van der Waals surface area contributed by atoms with E-state index in [2.05, 4.69) is 26.6 Å². The summed E-state index contributed by atoms with van der Waals surface area (Å²) in [6.45, 7) is 1.66. The van der Waals surface area contributed by atoms with Gasteiger partial charge in [-0.1, -0.05) is 15.9 Å². The lowest BCUT2D eigenvalue weighted by molar-refractivity contribution is -0.136. The number of carbonyl (C=O) groups excluding carboxylic acids is 2. The Bertz CT molecular complexity index is 627. The number of esters is 1. The van der Waals surface area contributed by atoms with E-state index in [1.165, 1.54) is 14.2 Å². The number of allylic oxidation sites excluding steroid dienone is 1. The molecule has 7 heteroatoms. The molecule has 1 aromatic carbocycles. The van der Waals surface area contributed by atoms with E-state index in [-0.39, 0.29) is 6.03 Å². The summed E-state index contributed by atoms with van der Waals surface area (Å²) >= 11 is 3.38. The fourth-order valence-corrected chi connectivity index (χ4v) is 2.62. The van der Waals surface area contributed by atoms with Crippen LogP contribution in [-0.4, -0.2) is 26.2 Å². The molecule has 2 N–H and O–H groups in total. The van der Waals surface area contributed by atoms with Crippen molar-refractivity contribution in [3.8, 4) is 5.75 Å². The maximum Gasteiger partial charge on any atom is 0.337 e. The highest BCUT2D eigenvalue weighted by molar-refractivity contribution is 9.10. The van der Waals surface area contributed by atoms with Crippen molar-refractivity contribution in [3.63, 3.8) is 0 Å². The van der Waals surface area contributed by atoms with E-state index >= 15 is 0 Å². The second kappa shape index (κ2) is 6.17. The molecule has 0 aliphatic carbocycles. The summed E-state index contributed by atoms with van der Waals surface area (Å²) in [5, 5.41) is 5.29. The lowest BCUT2D eigenvalue weighted by Gasteiger charge is -2.28. The average molecular weight is 355 g/mol. The van der Waals surface area contributed by atoms with E-state index in [1.807, 2.05) is 6.07 Å². The van der Waals surface area contributed by atoms with Gasteiger partial charge in [-0.25, -0.2) is 9.59 Å². The number of methoxy groups -OCH3 is 2. The monoisotopic (exact) mass is 354 g/mol. The van der Waals surface area contributed by atoms with Gasteiger partial charge in [-0.15, -0.1) is 0 Å². The molecule has 0 fully saturated rings. The number of rotatable bonds is 3. The van der Waals surface area contributed by atoms with Crippen LogP contribution in [0.2, 0.25) is 0 Å². The molecule has 1 aliphatic rings. The Hall–Kier alpha value is -2.02. The van der Waals surface area contributed by atoms with Crippen molar-refractivity contribution in [1.29, 1.82) is 0 Å². The molecule has 1 aromatic rings. The number of carbonyl (C=O) groups is 2. The number of amides is 2. The van der Waals surface area contributed by atoms with Crippen LogP contribution in [0.3, 0.4) is 0 Å². The van der Waals surface area contributed by atoms with Crippen LogP contribution >= 0.6 is 15.9 Å². The van der Waals surface area contributed by atoms with Crippen LogP contribution in [0.25, 0.3) is 0 Å². The van der Waals surface area contributed by atoms with Gasteiger partial charge in [0.2, 0.25) is 0 Å². The normalized spacial score (nSPS) is 17.9. The molecular weight excluding hydrogens is 340 g/mol. The van der Waals surface area contributed by atoms with Gasteiger partial charge in [0, 0.05) is 15.7 Å². The molecule has 0 saturated heterocycles. The quantitative estimate of drug-likeness (QED) is 0.816. The molecule has 0 spiro atoms. The lowest BCUT2D eigenvalue weighted by Crippen LogP contribution is -2.45. The molecule has 0 radical (unpaired) electrons. The number of hydrogen-bond donors (Lipinski definition) is 2.